The smallest absolute Gasteiger partial charge is 0.178 e. The highest BCUT2D eigenvalue weighted by molar-refractivity contribution is 5.89. The summed E-state index contributed by atoms with van der Waals surface area (Å²) in [7, 11) is 3.62. The molecule has 0 unspecified atom stereocenters. The minimum atomic E-state index is 0.389. The Morgan fingerprint density at radius 1 is 1.20 bits per heavy atom. The first kappa shape index (κ1) is 12.5. The number of ether oxygens (including phenoxy) is 1. The van der Waals surface area contributed by atoms with Gasteiger partial charge in [-0.1, -0.05) is 5.92 Å². The molecular formula is C15H14N4O. The van der Waals surface area contributed by atoms with E-state index in [9.17, 15) is 0 Å². The van der Waals surface area contributed by atoms with Gasteiger partial charge in [-0.2, -0.15) is 0 Å². The van der Waals surface area contributed by atoms with Crippen molar-refractivity contribution in [2.24, 2.45) is 0 Å². The van der Waals surface area contributed by atoms with Crippen LogP contribution in [0.4, 0.5) is 23.0 Å². The van der Waals surface area contributed by atoms with Gasteiger partial charge in [-0.15, -0.1) is 6.42 Å². The Kier molecular flexibility index (Phi) is 3.01. The van der Waals surface area contributed by atoms with E-state index in [0.29, 0.717) is 6.73 Å². The van der Waals surface area contributed by atoms with Crippen LogP contribution >= 0.6 is 0 Å². The lowest BCUT2D eigenvalue weighted by Crippen LogP contribution is -2.30. The van der Waals surface area contributed by atoms with Crippen molar-refractivity contribution in [3.8, 4) is 12.3 Å². The number of benzene rings is 1. The molecule has 0 N–H and O–H groups in total. The number of hydrogen-bond donors (Lipinski definition) is 0. The normalized spacial score (nSPS) is 12.7. The Morgan fingerprint density at radius 3 is 2.65 bits per heavy atom. The molecular weight excluding hydrogens is 252 g/mol. The molecule has 100 valence electrons. The van der Waals surface area contributed by atoms with Crippen LogP contribution in [-0.2, 0) is 4.74 Å². The molecule has 5 nitrogen and oxygen atoms in total. The fourth-order valence-corrected chi connectivity index (χ4v) is 2.35. The van der Waals surface area contributed by atoms with E-state index in [1.165, 1.54) is 0 Å². The number of anilines is 4. The summed E-state index contributed by atoms with van der Waals surface area (Å²) >= 11 is 0. The van der Waals surface area contributed by atoms with Crippen LogP contribution in [0.1, 0.15) is 5.56 Å². The lowest BCUT2D eigenvalue weighted by atomic mass is 10.1. The maximum absolute atomic E-state index is 5.49. The molecule has 0 amide bonds. The lowest BCUT2D eigenvalue weighted by Gasteiger charge is -2.35. The van der Waals surface area contributed by atoms with Crippen molar-refractivity contribution in [3.63, 3.8) is 0 Å². The van der Waals surface area contributed by atoms with E-state index >= 15 is 0 Å². The highest BCUT2D eigenvalue weighted by Gasteiger charge is 2.28. The van der Waals surface area contributed by atoms with Crippen LogP contribution in [0.3, 0.4) is 0 Å². The Labute approximate surface area is 117 Å². The number of fused-ring (bicyclic) bond motifs is 2. The molecule has 2 heterocycles. The number of nitrogens with zero attached hydrogens (tertiary/aromatic N) is 4. The third-order valence-corrected chi connectivity index (χ3v) is 3.29. The highest BCUT2D eigenvalue weighted by Crippen LogP contribution is 2.44. The molecule has 0 radical (unpaired) electrons. The van der Waals surface area contributed by atoms with Crippen LogP contribution in [-0.4, -0.2) is 30.9 Å². The topological polar surface area (TPSA) is 41.5 Å². The van der Waals surface area contributed by atoms with Gasteiger partial charge in [0, 0.05) is 32.1 Å². The van der Waals surface area contributed by atoms with E-state index in [2.05, 4.69) is 15.9 Å². The first-order valence-electron chi connectivity index (χ1n) is 6.18. The average Bonchev–Trinajstić information content (AvgIpc) is 2.51. The van der Waals surface area contributed by atoms with Crippen LogP contribution in [0.15, 0.2) is 30.6 Å². The predicted octanol–water partition coefficient (Wildman–Crippen LogP) is 2.28. The summed E-state index contributed by atoms with van der Waals surface area (Å²) in [6.45, 7) is 0.389. The second-order valence-electron chi connectivity index (χ2n) is 4.46. The van der Waals surface area contributed by atoms with E-state index in [1.54, 1.807) is 19.5 Å². The summed E-state index contributed by atoms with van der Waals surface area (Å²) in [5.41, 5.74) is 2.82. The van der Waals surface area contributed by atoms with E-state index in [4.69, 9.17) is 11.2 Å². The van der Waals surface area contributed by atoms with Gasteiger partial charge in [0.05, 0.1) is 11.4 Å². The van der Waals surface area contributed by atoms with Gasteiger partial charge in [0.2, 0.25) is 0 Å². The first-order chi connectivity index (χ1) is 9.76. The van der Waals surface area contributed by atoms with Gasteiger partial charge in [0.1, 0.15) is 6.73 Å². The van der Waals surface area contributed by atoms with Crippen molar-refractivity contribution in [2.45, 2.75) is 0 Å². The van der Waals surface area contributed by atoms with Crippen LogP contribution < -0.4 is 9.80 Å². The fraction of sp³-hybridized carbons (Fsp3) is 0.200. The quantitative estimate of drug-likeness (QED) is 0.780. The Balaban J connectivity index is 2.22. The SMILES string of the molecule is C#Cc1ccc2c(c1)N(COC)c1nccnc1N2C. The molecule has 0 bridgehead atoms. The van der Waals surface area contributed by atoms with Crippen LogP contribution in [0.25, 0.3) is 0 Å². The maximum atomic E-state index is 5.49. The highest BCUT2D eigenvalue weighted by atomic mass is 16.5. The minimum Gasteiger partial charge on any atom is -0.364 e. The third kappa shape index (κ3) is 1.78. The second kappa shape index (κ2) is 4.83. The van der Waals surface area contributed by atoms with E-state index < -0.39 is 0 Å². The second-order valence-corrected chi connectivity index (χ2v) is 4.46. The molecule has 0 saturated carbocycles. The monoisotopic (exact) mass is 266 g/mol. The molecule has 20 heavy (non-hydrogen) atoms. The third-order valence-electron chi connectivity index (χ3n) is 3.29. The molecule has 0 fully saturated rings. The van der Waals surface area contributed by atoms with E-state index in [1.807, 2.05) is 35.0 Å². The van der Waals surface area contributed by atoms with Gasteiger partial charge in [0.25, 0.3) is 0 Å². The molecule has 3 rings (SSSR count). The number of hydrogen-bond acceptors (Lipinski definition) is 5. The van der Waals surface area contributed by atoms with Crippen molar-refractivity contribution in [1.82, 2.24) is 9.97 Å². The lowest BCUT2D eigenvalue weighted by molar-refractivity contribution is 0.205. The molecule has 0 aliphatic carbocycles. The van der Waals surface area contributed by atoms with E-state index in [0.717, 1.165) is 28.6 Å². The van der Waals surface area contributed by atoms with Gasteiger partial charge in [0.15, 0.2) is 11.6 Å². The zero-order valence-electron chi connectivity index (χ0n) is 11.4. The summed E-state index contributed by atoms with van der Waals surface area (Å²) < 4.78 is 5.29. The summed E-state index contributed by atoms with van der Waals surface area (Å²) in [6.07, 6.45) is 8.84. The molecule has 0 atom stereocenters. The van der Waals surface area contributed by atoms with E-state index in [-0.39, 0.29) is 0 Å². The molecule has 2 aromatic rings. The summed E-state index contributed by atoms with van der Waals surface area (Å²) in [6, 6.07) is 5.87. The standard InChI is InChI=1S/C15H14N4O/c1-4-11-5-6-12-13(9-11)19(10-20-3)15-14(18(12)2)16-7-8-17-15/h1,5-9H,10H2,2-3H3. The van der Waals surface area contributed by atoms with Crippen LogP contribution in [0, 0.1) is 12.3 Å². The molecule has 1 aliphatic rings. The summed E-state index contributed by atoms with van der Waals surface area (Å²) in [5, 5.41) is 0. The minimum absolute atomic E-state index is 0.389. The van der Waals surface area contributed by atoms with Crippen molar-refractivity contribution in [1.29, 1.82) is 0 Å². The van der Waals surface area contributed by atoms with Gasteiger partial charge in [-0.05, 0) is 18.2 Å². The maximum Gasteiger partial charge on any atom is 0.178 e. The van der Waals surface area contributed by atoms with Crippen molar-refractivity contribution >= 4 is 23.0 Å². The van der Waals surface area contributed by atoms with Crippen molar-refractivity contribution < 1.29 is 4.74 Å². The van der Waals surface area contributed by atoms with Crippen LogP contribution in [0.5, 0.6) is 0 Å². The molecule has 0 saturated heterocycles. The molecule has 0 spiro atoms. The number of rotatable bonds is 2. The molecule has 5 heteroatoms. The Morgan fingerprint density at radius 2 is 1.95 bits per heavy atom. The summed E-state index contributed by atoms with van der Waals surface area (Å²) in [4.78, 5) is 12.8. The van der Waals surface area contributed by atoms with Crippen LogP contribution in [0.2, 0.25) is 0 Å². The van der Waals surface area contributed by atoms with Gasteiger partial charge in [-0.3, -0.25) is 4.90 Å². The fourth-order valence-electron chi connectivity index (χ4n) is 2.35. The van der Waals surface area contributed by atoms with Crippen molar-refractivity contribution in [2.75, 3.05) is 30.7 Å². The number of terminal acetylenes is 1. The number of aromatic nitrogens is 2. The predicted molar refractivity (Wildman–Crippen MR) is 78.5 cm³/mol. The van der Waals surface area contributed by atoms with Gasteiger partial charge in [-0.25, -0.2) is 9.97 Å². The number of methoxy groups -OCH3 is 1. The molecule has 1 aromatic heterocycles. The largest absolute Gasteiger partial charge is 0.364 e. The zero-order chi connectivity index (χ0) is 14.1. The molecule has 1 aliphatic heterocycles. The molecule has 1 aromatic carbocycles. The average molecular weight is 266 g/mol. The van der Waals surface area contributed by atoms with Gasteiger partial charge < -0.3 is 9.64 Å². The van der Waals surface area contributed by atoms with Crippen molar-refractivity contribution in [3.05, 3.63) is 36.2 Å². The zero-order valence-corrected chi connectivity index (χ0v) is 11.4. The summed E-state index contributed by atoms with van der Waals surface area (Å²) in [5.74, 6) is 4.22. The first-order valence-corrected chi connectivity index (χ1v) is 6.18. The Hall–Kier alpha value is -2.58. The Bertz CT molecular complexity index is 693. The van der Waals surface area contributed by atoms with Gasteiger partial charge >= 0.3 is 0 Å².